The molecular formula is C21H28N4O. The molecule has 3 atom stereocenters. The summed E-state index contributed by atoms with van der Waals surface area (Å²) in [7, 11) is 1.93. The van der Waals surface area contributed by atoms with Crippen LogP contribution in [0.2, 0.25) is 0 Å². The molecule has 5 nitrogen and oxygen atoms in total. The van der Waals surface area contributed by atoms with Crippen molar-refractivity contribution in [3.63, 3.8) is 0 Å². The van der Waals surface area contributed by atoms with Gasteiger partial charge in [-0.3, -0.25) is 9.48 Å². The molecule has 2 aliphatic rings. The first kappa shape index (κ1) is 17.3. The van der Waals surface area contributed by atoms with E-state index in [9.17, 15) is 4.79 Å². The molecule has 1 amide bonds. The van der Waals surface area contributed by atoms with E-state index >= 15 is 0 Å². The fourth-order valence-electron chi connectivity index (χ4n) is 4.47. The SMILES string of the molecule is Cc1ccc(CC2CCCN2C(=O)[C@H]2CNC[C@@H]2c2cnn(C)c2)cc1. The molecule has 2 saturated heterocycles. The molecule has 1 N–H and O–H groups in total. The van der Waals surface area contributed by atoms with Crippen molar-refractivity contribution < 1.29 is 4.79 Å². The normalized spacial score (nSPS) is 25.8. The lowest BCUT2D eigenvalue weighted by Gasteiger charge is -2.29. The number of aromatic nitrogens is 2. The molecule has 0 saturated carbocycles. The van der Waals surface area contributed by atoms with E-state index in [2.05, 4.69) is 46.5 Å². The first-order valence-electron chi connectivity index (χ1n) is 9.67. The highest BCUT2D eigenvalue weighted by molar-refractivity contribution is 5.81. The van der Waals surface area contributed by atoms with Crippen molar-refractivity contribution in [1.29, 1.82) is 0 Å². The summed E-state index contributed by atoms with van der Waals surface area (Å²) in [5.41, 5.74) is 3.78. The number of likely N-dealkylation sites (tertiary alicyclic amines) is 1. The van der Waals surface area contributed by atoms with E-state index in [1.54, 1.807) is 0 Å². The molecule has 2 fully saturated rings. The van der Waals surface area contributed by atoms with Crippen molar-refractivity contribution in [2.75, 3.05) is 19.6 Å². The van der Waals surface area contributed by atoms with E-state index < -0.39 is 0 Å². The van der Waals surface area contributed by atoms with Gasteiger partial charge >= 0.3 is 0 Å². The van der Waals surface area contributed by atoms with Crippen LogP contribution in [0.4, 0.5) is 0 Å². The zero-order valence-electron chi connectivity index (χ0n) is 15.7. The number of benzene rings is 1. The quantitative estimate of drug-likeness (QED) is 0.918. The van der Waals surface area contributed by atoms with E-state index in [0.717, 1.165) is 38.9 Å². The Labute approximate surface area is 155 Å². The highest BCUT2D eigenvalue weighted by Crippen LogP contribution is 2.32. The van der Waals surface area contributed by atoms with Gasteiger partial charge in [-0.25, -0.2) is 0 Å². The first-order valence-corrected chi connectivity index (χ1v) is 9.67. The van der Waals surface area contributed by atoms with Crippen molar-refractivity contribution in [3.05, 3.63) is 53.3 Å². The predicted molar refractivity (Wildman–Crippen MR) is 102 cm³/mol. The molecule has 1 aromatic carbocycles. The van der Waals surface area contributed by atoms with E-state index in [1.165, 1.54) is 16.7 Å². The van der Waals surface area contributed by atoms with Crippen LogP contribution in [0.15, 0.2) is 36.7 Å². The van der Waals surface area contributed by atoms with Crippen LogP contribution in [0.5, 0.6) is 0 Å². The number of rotatable bonds is 4. The molecule has 2 aliphatic heterocycles. The zero-order chi connectivity index (χ0) is 18.1. The highest BCUT2D eigenvalue weighted by Gasteiger charge is 2.40. The third-order valence-corrected chi connectivity index (χ3v) is 5.94. The number of amides is 1. The summed E-state index contributed by atoms with van der Waals surface area (Å²) in [6.45, 7) is 4.64. The van der Waals surface area contributed by atoms with Crippen molar-refractivity contribution in [2.24, 2.45) is 13.0 Å². The maximum absolute atomic E-state index is 13.4. The zero-order valence-corrected chi connectivity index (χ0v) is 15.7. The molecule has 0 aliphatic carbocycles. The van der Waals surface area contributed by atoms with Crippen molar-refractivity contribution in [2.45, 2.75) is 38.1 Å². The maximum Gasteiger partial charge on any atom is 0.227 e. The number of aryl methyl sites for hydroxylation is 2. The molecule has 0 spiro atoms. The van der Waals surface area contributed by atoms with Crippen LogP contribution in [0, 0.1) is 12.8 Å². The fraction of sp³-hybridized carbons (Fsp3) is 0.524. The Morgan fingerprint density at radius 3 is 2.81 bits per heavy atom. The van der Waals surface area contributed by atoms with Crippen LogP contribution in [-0.2, 0) is 18.3 Å². The summed E-state index contributed by atoms with van der Waals surface area (Å²) in [5, 5.41) is 7.72. The van der Waals surface area contributed by atoms with Crippen LogP contribution < -0.4 is 5.32 Å². The van der Waals surface area contributed by atoms with E-state index in [1.807, 2.05) is 24.1 Å². The minimum Gasteiger partial charge on any atom is -0.339 e. The number of hydrogen-bond donors (Lipinski definition) is 1. The number of hydrogen-bond acceptors (Lipinski definition) is 3. The monoisotopic (exact) mass is 352 g/mol. The van der Waals surface area contributed by atoms with Gasteiger partial charge in [-0.1, -0.05) is 29.8 Å². The van der Waals surface area contributed by atoms with Crippen molar-refractivity contribution in [3.8, 4) is 0 Å². The average Bonchev–Trinajstić information content (AvgIpc) is 3.36. The van der Waals surface area contributed by atoms with Gasteiger partial charge in [0.15, 0.2) is 0 Å². The lowest BCUT2D eigenvalue weighted by Crippen LogP contribution is -2.42. The van der Waals surface area contributed by atoms with Crippen LogP contribution in [0.1, 0.15) is 35.4 Å². The molecule has 5 heteroatoms. The van der Waals surface area contributed by atoms with Gasteiger partial charge in [0.2, 0.25) is 5.91 Å². The Hall–Kier alpha value is -2.14. The fourth-order valence-corrected chi connectivity index (χ4v) is 4.47. The number of carbonyl (C=O) groups is 1. The second-order valence-corrected chi connectivity index (χ2v) is 7.84. The van der Waals surface area contributed by atoms with Crippen molar-refractivity contribution >= 4 is 5.91 Å². The third kappa shape index (κ3) is 3.40. The van der Waals surface area contributed by atoms with E-state index in [0.29, 0.717) is 11.9 Å². The van der Waals surface area contributed by atoms with Crippen LogP contribution in [-0.4, -0.2) is 46.3 Å². The summed E-state index contributed by atoms with van der Waals surface area (Å²) >= 11 is 0. The minimum atomic E-state index is 0.0258. The Balaban J connectivity index is 1.48. The summed E-state index contributed by atoms with van der Waals surface area (Å²) < 4.78 is 1.82. The smallest absolute Gasteiger partial charge is 0.227 e. The predicted octanol–water partition coefficient (Wildman–Crippen LogP) is 2.27. The minimum absolute atomic E-state index is 0.0258. The Bertz CT molecular complexity index is 767. The van der Waals surface area contributed by atoms with Crippen molar-refractivity contribution in [1.82, 2.24) is 20.0 Å². The highest BCUT2D eigenvalue weighted by atomic mass is 16.2. The Morgan fingerprint density at radius 2 is 2.08 bits per heavy atom. The van der Waals surface area contributed by atoms with Gasteiger partial charge in [0.25, 0.3) is 0 Å². The van der Waals surface area contributed by atoms with Gasteiger partial charge in [-0.05, 0) is 37.3 Å². The molecule has 0 bridgehead atoms. The van der Waals surface area contributed by atoms with Crippen LogP contribution in [0.25, 0.3) is 0 Å². The molecule has 4 rings (SSSR count). The molecule has 2 aromatic rings. The van der Waals surface area contributed by atoms with Gasteiger partial charge in [0, 0.05) is 44.8 Å². The molecule has 0 radical (unpaired) electrons. The Kier molecular flexibility index (Phi) is 4.81. The Morgan fingerprint density at radius 1 is 1.27 bits per heavy atom. The molecular weight excluding hydrogens is 324 g/mol. The standard InChI is InChI=1S/C21H28N4O/c1-15-5-7-16(8-6-15)10-18-4-3-9-25(18)21(26)20-13-22-12-19(20)17-11-23-24(2)14-17/h5-8,11,14,18-20,22H,3-4,9-10,12-13H2,1-2H3/t18?,19-,20+/m1/s1. The first-order chi connectivity index (χ1) is 12.6. The second-order valence-electron chi connectivity index (χ2n) is 7.84. The summed E-state index contributed by atoms with van der Waals surface area (Å²) in [5.74, 6) is 0.577. The molecule has 3 heterocycles. The number of nitrogens with one attached hydrogen (secondary N) is 1. The maximum atomic E-state index is 13.4. The molecule has 26 heavy (non-hydrogen) atoms. The lowest BCUT2D eigenvalue weighted by molar-refractivity contribution is -0.136. The van der Waals surface area contributed by atoms with Gasteiger partial charge in [0.05, 0.1) is 12.1 Å². The summed E-state index contributed by atoms with van der Waals surface area (Å²) in [4.78, 5) is 15.5. The second kappa shape index (κ2) is 7.23. The van der Waals surface area contributed by atoms with Crippen LogP contribution >= 0.6 is 0 Å². The molecule has 138 valence electrons. The molecule has 1 unspecified atom stereocenters. The van der Waals surface area contributed by atoms with Gasteiger partial charge in [-0.15, -0.1) is 0 Å². The van der Waals surface area contributed by atoms with Gasteiger partial charge < -0.3 is 10.2 Å². The van der Waals surface area contributed by atoms with E-state index in [-0.39, 0.29) is 11.8 Å². The van der Waals surface area contributed by atoms with Gasteiger partial charge in [0.1, 0.15) is 0 Å². The largest absolute Gasteiger partial charge is 0.339 e. The van der Waals surface area contributed by atoms with Crippen LogP contribution in [0.3, 0.4) is 0 Å². The average molecular weight is 352 g/mol. The summed E-state index contributed by atoms with van der Waals surface area (Å²) in [6.07, 6.45) is 7.14. The molecule has 1 aromatic heterocycles. The summed E-state index contributed by atoms with van der Waals surface area (Å²) in [6, 6.07) is 9.06. The topological polar surface area (TPSA) is 50.2 Å². The number of nitrogens with zero attached hydrogens (tertiary/aromatic N) is 3. The lowest BCUT2D eigenvalue weighted by atomic mass is 9.89. The van der Waals surface area contributed by atoms with Gasteiger partial charge in [-0.2, -0.15) is 5.10 Å². The third-order valence-electron chi connectivity index (χ3n) is 5.94. The number of carbonyl (C=O) groups excluding carboxylic acids is 1. The van der Waals surface area contributed by atoms with E-state index in [4.69, 9.17) is 0 Å².